The summed E-state index contributed by atoms with van der Waals surface area (Å²) in [5.41, 5.74) is 28.7. The minimum absolute atomic E-state index is 0. The quantitative estimate of drug-likeness (QED) is 0.0125. The minimum atomic E-state index is -5.35. The Morgan fingerprint density at radius 3 is 0.789 bits per heavy atom. The smallest absolute Gasteiger partial charge is 0.387 e. The van der Waals surface area contributed by atoms with E-state index in [0.717, 1.165) is 62.7 Å². The third kappa shape index (κ3) is 38.3. The number of nitrogen functional groups attached to an aromatic ring is 4. The first-order valence-corrected chi connectivity index (χ1v) is 63.5. The van der Waals surface area contributed by atoms with E-state index < -0.39 is 262 Å². The summed E-state index contributed by atoms with van der Waals surface area (Å²) < 4.78 is 204. The Kier molecular flexibility index (Phi) is 48.2. The number of H-pyrrole nitrogens is 4. The number of aromatic nitrogens is 16. The number of aliphatic hydroxyl groups excluding tert-OH is 8. The van der Waals surface area contributed by atoms with Crippen LogP contribution in [-0.2, 0) is 109 Å². The first-order chi connectivity index (χ1) is 67.4. The molecule has 0 aromatic carbocycles. The van der Waals surface area contributed by atoms with Crippen LogP contribution in [0.4, 0.5) is 23.8 Å². The zero-order valence-corrected chi connectivity index (χ0v) is 88.7. The highest BCUT2D eigenvalue weighted by Crippen LogP contribution is 2.69. The number of phosphoric acid groups is 4. The molecule has 840 valence electrons. The fraction of sp³-hybridized carbons (Fsp3) is 0.661. The highest BCUT2D eigenvalue weighted by molar-refractivity contribution is 7.76. The van der Waals surface area contributed by atoms with Gasteiger partial charge >= 0.3 is 69.3 Å². The number of aliphatic hydroxyl groups is 8. The van der Waals surface area contributed by atoms with Gasteiger partial charge in [-0.2, -0.15) is 19.9 Å². The monoisotopic (exact) mass is 2390 g/mol. The second kappa shape index (κ2) is 54.4. The number of nitrogens with zero attached hydrogens (tertiary/aromatic N) is 12. The summed E-state index contributed by atoms with van der Waals surface area (Å²) in [6.45, 7) is 2.83. The number of nitrogens with two attached hydrogens (primary N) is 6. The maximum atomic E-state index is 12.2. The van der Waals surface area contributed by atoms with Gasteiger partial charge in [0, 0.05) is 26.2 Å². The number of imidazole rings is 4. The molecular formula is C59H115N25O49P14. The lowest BCUT2D eigenvalue weighted by Crippen LogP contribution is -2.33. The number of hydrogen-bond donors (Lipinski definition) is 34. The van der Waals surface area contributed by atoms with Gasteiger partial charge in [-0.3, -0.25) is 112 Å². The number of hydrogen-bond acceptors (Lipinski definition) is 50. The molecule has 8 aromatic rings. The van der Waals surface area contributed by atoms with E-state index in [0.29, 0.717) is 25.4 Å². The molecule has 0 spiro atoms. The van der Waals surface area contributed by atoms with Crippen molar-refractivity contribution in [1.82, 2.24) is 93.3 Å². The molecule has 8 aromatic heterocycles. The van der Waals surface area contributed by atoms with E-state index in [1.54, 1.807) is 0 Å². The fourth-order valence-electron chi connectivity index (χ4n) is 12.7. The zero-order chi connectivity index (χ0) is 110. The summed E-state index contributed by atoms with van der Waals surface area (Å²) in [5, 5.41) is 88.8. The average Bonchev–Trinajstić information content (AvgIpc) is 1.63. The molecule has 0 bridgehead atoms. The molecule has 4 aliphatic rings. The zero-order valence-electron chi connectivity index (χ0n) is 75.7. The van der Waals surface area contributed by atoms with Crippen LogP contribution in [0.3, 0.4) is 0 Å². The van der Waals surface area contributed by atoms with Crippen molar-refractivity contribution in [2.75, 3.05) is 118 Å². The Hall–Kier alpha value is -5.30. The maximum absolute atomic E-state index is 12.2. The number of aromatic amines is 4. The third-order valence-electron chi connectivity index (χ3n) is 18.8. The molecule has 0 amide bonds. The van der Waals surface area contributed by atoms with Crippen molar-refractivity contribution in [3.8, 4) is 0 Å². The number of ether oxygens (including phenoxy) is 4. The van der Waals surface area contributed by atoms with E-state index in [1.165, 1.54) is 0 Å². The number of unbranched alkanes of at least 4 members (excludes halogenated alkanes) is 1. The Morgan fingerprint density at radius 1 is 0.361 bits per heavy atom. The first-order valence-electron chi connectivity index (χ1n) is 41.5. The molecule has 40 N–H and O–H groups in total. The summed E-state index contributed by atoms with van der Waals surface area (Å²) >= 11 is 0. The normalized spacial score (nSPS) is 26.5. The van der Waals surface area contributed by atoms with Gasteiger partial charge in [0.2, 0.25) is 23.8 Å². The molecule has 74 nitrogen and oxygen atoms in total. The highest BCUT2D eigenvalue weighted by Gasteiger charge is 2.53. The predicted octanol–water partition coefficient (Wildman–Crippen LogP) is -5.21. The lowest BCUT2D eigenvalue weighted by Gasteiger charge is -2.21. The number of phosphoric ester groups is 4. The second-order valence-electron chi connectivity index (χ2n) is 30.5. The molecular weight excluding hydrogens is 2280 g/mol. The Balaban J connectivity index is 0.000000292. The van der Waals surface area contributed by atoms with Crippen LogP contribution in [0.15, 0.2) is 44.5 Å². The molecule has 0 aliphatic carbocycles. The van der Waals surface area contributed by atoms with Crippen LogP contribution in [0.1, 0.15) is 78.8 Å². The van der Waals surface area contributed by atoms with E-state index in [-0.39, 0.29) is 102 Å². The van der Waals surface area contributed by atoms with Crippen molar-refractivity contribution in [3.63, 3.8) is 0 Å². The summed E-state index contributed by atoms with van der Waals surface area (Å²) in [7, 11) is -55.1. The van der Waals surface area contributed by atoms with Gasteiger partial charge in [-0.1, -0.05) is 34.6 Å². The molecule has 29 atom stereocenters. The first kappa shape index (κ1) is 130. The van der Waals surface area contributed by atoms with Gasteiger partial charge in [0.15, 0.2) is 75.5 Å². The van der Waals surface area contributed by atoms with Crippen LogP contribution < -0.4 is 71.9 Å². The van der Waals surface area contributed by atoms with E-state index in [9.17, 15) is 169 Å². The molecule has 12 heterocycles. The summed E-state index contributed by atoms with van der Waals surface area (Å²) in [4.78, 5) is 212. The van der Waals surface area contributed by atoms with Crippen LogP contribution in [0.2, 0.25) is 0 Å². The van der Waals surface area contributed by atoms with Crippen LogP contribution in [0.5, 0.6) is 0 Å². The third-order valence-corrected chi connectivity index (χ3v) is 42.8. The Morgan fingerprint density at radius 2 is 0.585 bits per heavy atom. The minimum Gasteiger partial charge on any atom is -0.387 e. The molecule has 0 radical (unpaired) electrons. The van der Waals surface area contributed by atoms with Gasteiger partial charge in [0.1, 0.15) is 91.0 Å². The fourth-order valence-corrected chi connectivity index (χ4v) is 33.4. The van der Waals surface area contributed by atoms with Crippen LogP contribution in [0, 0.1) is 0 Å². The Bertz CT molecular complexity index is 6460. The molecule has 4 aliphatic heterocycles. The van der Waals surface area contributed by atoms with Gasteiger partial charge in [-0.15, -0.1) is 18.5 Å². The largest absolute Gasteiger partial charge is 0.479 e. The number of fused-ring (bicyclic) bond motifs is 4. The van der Waals surface area contributed by atoms with E-state index in [2.05, 4.69) is 124 Å². The summed E-state index contributed by atoms with van der Waals surface area (Å²) in [5.74, 6) is -6.89. The topological polar surface area (TPSA) is 1190 Å². The molecule has 29 unspecified atom stereocenters. The summed E-state index contributed by atoms with van der Waals surface area (Å²) in [6.07, 6.45) is -15.9. The highest BCUT2D eigenvalue weighted by atomic mass is 31.3. The van der Waals surface area contributed by atoms with Crippen molar-refractivity contribution in [1.29, 1.82) is 0 Å². The molecule has 4 saturated heterocycles. The van der Waals surface area contributed by atoms with Crippen molar-refractivity contribution >= 4 is 179 Å². The molecule has 12 rings (SSSR count). The number of nitrogens with one attached hydrogen (secondary N) is 7. The van der Waals surface area contributed by atoms with Gasteiger partial charge < -0.3 is 158 Å². The van der Waals surface area contributed by atoms with Gasteiger partial charge in [-0.25, -0.2) is 70.7 Å². The van der Waals surface area contributed by atoms with Crippen molar-refractivity contribution in [2.24, 2.45) is 11.5 Å². The number of anilines is 4. The predicted molar refractivity (Wildman–Crippen MR) is 515 cm³/mol. The van der Waals surface area contributed by atoms with Crippen molar-refractivity contribution in [2.45, 2.75) is 152 Å². The van der Waals surface area contributed by atoms with Crippen molar-refractivity contribution < 1.29 is 214 Å². The van der Waals surface area contributed by atoms with Crippen LogP contribution in [-0.4, -0.2) is 351 Å². The van der Waals surface area contributed by atoms with Gasteiger partial charge in [0.05, 0.1) is 51.7 Å². The van der Waals surface area contributed by atoms with E-state index >= 15 is 0 Å². The lowest BCUT2D eigenvalue weighted by molar-refractivity contribution is -0.0502. The van der Waals surface area contributed by atoms with E-state index in [1.807, 2.05) is 25.9 Å². The van der Waals surface area contributed by atoms with Gasteiger partial charge in [-0.05, 0) is 38.1 Å². The summed E-state index contributed by atoms with van der Waals surface area (Å²) in [6, 6.07) is 0. The molecule has 4 fully saturated rings. The van der Waals surface area contributed by atoms with Gasteiger partial charge in [0.25, 0.3) is 44.8 Å². The molecule has 0 saturated carbocycles. The van der Waals surface area contributed by atoms with Crippen molar-refractivity contribution in [3.05, 3.63) is 66.7 Å². The SMILES string of the molecule is C.CC.CCCCNP(=O)(O)CP(=O)(O)OP(=O)(O)OCC1OC(n2cnc3c(=O)[nH]c(N)nc32)C(O)C1O.NCCCP.NCCNP(=O)(O)CP(=O)(O)OP(=O)(O)OCC1OC(n2cnc3c(=O)[nH]c(N)nc32)C(O)C1O.Nc1nc2c(ncn2C2OC(COP(=O)(O)OP(=O)(O)CP(=O)(O)NCCCP)C(O)C2O)c(=O)[nH]1.Nc1nc2c(ncn2C2OC(COP(=O)(O)OP(=O)(O)CP(=O)(O)O)C(O)C2O)c(=O)[nH]1. The van der Waals surface area contributed by atoms with Crippen LogP contribution in [0.25, 0.3) is 44.7 Å². The second-order valence-corrected chi connectivity index (χ2v) is 55.2. The average molecular weight is 2390 g/mol. The standard InChI is InChI=1S/C15H27N6O12P3.C14H26N6O12P4.C13H24N7O12P3.C11H18N5O13P3.C3H10NP.C2H6.CH4/c1-2-3-4-18-34(25,26)7-35(27,28)33-36(29,30)31-5-8-10(22)11(23)14(32-8)21-6-17-9-12(21)19-15(16)20-13(9)24;15-14-18-11-8(12(23)19-14)16-5-20(11)13-10(22)9(21)7(31-13)4-30-36(28,29)32-35(26,27)6-34(24,25)17-2-1-3-33;14-1-2-17-33(24,25)5-34(26,27)32-35(28,29)30-3-6-8(21)9(22)12(31-6)20-4-16-7-10(20)18-13(15)19-11(7)23;12-11-14-8-5(9(19)15-11)13-2-16(8)10-7(18)6(17)4(28-10)1-27-32(25,26)29-31(23,24)3-30(20,21)22;4-2-1-3-5;1-2;/h6,8,10-11,14,22-23H,2-5,7H2,1H3,(H,27,28)(H,29,30)(H2,18,25,26)(H3,16,19,20,24);5,7,9-10,13,21-22H,1-4,6,33H2,(H,26,27)(H,28,29)(H2,17,24,25)(H3,15,18,19,23);4,6,8-9,12,21-22H,1-3,5,14H2,(H,26,27)(H,28,29)(H2,17,24,25)(H3,15,18,19,23);2,4,6-7,10,17-18H,1,3H2,(H,23,24)(H,25,26)(H2,20,21,22)(H3,12,14,15,19);1-5H2;1-2H3;1H4. The van der Waals surface area contributed by atoms with E-state index in [4.69, 9.17) is 63.1 Å². The molecule has 88 heteroatoms. The Labute approximate surface area is 830 Å². The van der Waals surface area contributed by atoms with Crippen LogP contribution >= 0.6 is 110 Å². The lowest BCUT2D eigenvalue weighted by atomic mass is 10.1. The number of rotatable bonds is 45. The molecule has 147 heavy (non-hydrogen) atoms. The maximum Gasteiger partial charge on any atom is 0.479 e.